The molecule has 0 rings (SSSR count). The second kappa shape index (κ2) is 46.2. The third-order valence-corrected chi connectivity index (χ3v) is 11.4. The second-order valence-corrected chi connectivity index (χ2v) is 19.3. The van der Waals surface area contributed by atoms with E-state index in [1.165, 1.54) is 89.9 Å². The molecule has 0 fully saturated rings. The summed E-state index contributed by atoms with van der Waals surface area (Å²) < 4.78 is 35.1. The molecule has 0 aliphatic rings. The first-order chi connectivity index (χ1) is 30.6. The monoisotopic (exact) mass is 903 g/mol. The van der Waals surface area contributed by atoms with Gasteiger partial charge >= 0.3 is 13.8 Å². The van der Waals surface area contributed by atoms with E-state index < -0.39 is 13.9 Å². The molecule has 2 unspecified atom stereocenters. The van der Waals surface area contributed by atoms with Crippen LogP contribution in [0, 0.1) is 0 Å². The van der Waals surface area contributed by atoms with Crippen LogP contribution in [0.5, 0.6) is 0 Å². The van der Waals surface area contributed by atoms with Gasteiger partial charge in [0.05, 0.1) is 34.4 Å². The van der Waals surface area contributed by atoms with Crippen molar-refractivity contribution in [1.29, 1.82) is 0 Å². The highest BCUT2D eigenvalue weighted by Gasteiger charge is 2.26. The molecule has 9 heteroatoms. The van der Waals surface area contributed by atoms with Crippen molar-refractivity contribution in [2.24, 2.45) is 0 Å². The van der Waals surface area contributed by atoms with Crippen LogP contribution < -0.4 is 0 Å². The van der Waals surface area contributed by atoms with Crippen molar-refractivity contribution in [3.63, 3.8) is 0 Å². The Labute approximate surface area is 388 Å². The number of allylic oxidation sites excluding steroid dienone is 14. The number of nitrogens with zero attached hydrogens (tertiary/aromatic N) is 1. The summed E-state index contributed by atoms with van der Waals surface area (Å²) in [6.45, 7) is 5.44. The maximum absolute atomic E-state index is 12.7. The molecule has 0 aromatic carbocycles. The van der Waals surface area contributed by atoms with Gasteiger partial charge in [-0.3, -0.25) is 13.8 Å². The number of unbranched alkanes of at least 4 members (excludes halogenated alkanes) is 18. The van der Waals surface area contributed by atoms with E-state index in [1.54, 1.807) is 0 Å². The molecule has 364 valence electrons. The van der Waals surface area contributed by atoms with Gasteiger partial charge in [-0.1, -0.05) is 182 Å². The van der Waals surface area contributed by atoms with Crippen molar-refractivity contribution >= 4 is 13.8 Å². The molecule has 0 radical (unpaired) electrons. The van der Waals surface area contributed by atoms with Crippen LogP contribution in [0.2, 0.25) is 0 Å². The van der Waals surface area contributed by atoms with E-state index in [4.69, 9.17) is 18.5 Å². The van der Waals surface area contributed by atoms with E-state index in [2.05, 4.69) is 98.9 Å². The van der Waals surface area contributed by atoms with Gasteiger partial charge in [0.25, 0.3) is 0 Å². The van der Waals surface area contributed by atoms with E-state index in [0.29, 0.717) is 24.1 Å². The molecule has 0 heterocycles. The largest absolute Gasteiger partial charge is 0.472 e. The fourth-order valence-corrected chi connectivity index (χ4v) is 7.29. The Morgan fingerprint density at radius 3 is 1.38 bits per heavy atom. The summed E-state index contributed by atoms with van der Waals surface area (Å²) in [5, 5.41) is 0. The lowest BCUT2D eigenvalue weighted by Crippen LogP contribution is -2.37. The lowest BCUT2D eigenvalue weighted by molar-refractivity contribution is -0.870. The summed E-state index contributed by atoms with van der Waals surface area (Å²) in [7, 11) is 1.63. The van der Waals surface area contributed by atoms with Crippen molar-refractivity contribution in [2.75, 3.05) is 54.1 Å². The van der Waals surface area contributed by atoms with Crippen LogP contribution in [0.25, 0.3) is 0 Å². The third kappa shape index (κ3) is 50.5. The Hall–Kier alpha value is -2.32. The molecule has 0 bridgehead atoms. The van der Waals surface area contributed by atoms with E-state index in [0.717, 1.165) is 83.5 Å². The highest BCUT2D eigenvalue weighted by molar-refractivity contribution is 7.47. The van der Waals surface area contributed by atoms with Crippen LogP contribution in [0.3, 0.4) is 0 Å². The summed E-state index contributed by atoms with van der Waals surface area (Å²) in [6.07, 6.45) is 62.0. The number of carbonyl (C=O) groups is 1. The first-order valence-electron chi connectivity index (χ1n) is 25.3. The topological polar surface area (TPSA) is 91.3 Å². The van der Waals surface area contributed by atoms with E-state index in [-0.39, 0.29) is 25.8 Å². The number of phosphoric ester groups is 1. The van der Waals surface area contributed by atoms with Gasteiger partial charge in [0, 0.05) is 13.0 Å². The maximum Gasteiger partial charge on any atom is 0.472 e. The van der Waals surface area contributed by atoms with Gasteiger partial charge in [-0.2, -0.15) is 0 Å². The average Bonchev–Trinajstić information content (AvgIpc) is 3.24. The molecular formula is C54H97NO7P+. The van der Waals surface area contributed by atoms with Gasteiger partial charge in [-0.25, -0.2) is 4.57 Å². The van der Waals surface area contributed by atoms with Gasteiger partial charge in [0.1, 0.15) is 19.3 Å². The molecule has 0 spiro atoms. The maximum atomic E-state index is 12.7. The van der Waals surface area contributed by atoms with Crippen LogP contribution in [0.4, 0.5) is 0 Å². The van der Waals surface area contributed by atoms with Crippen LogP contribution in [0.15, 0.2) is 85.1 Å². The quantitative estimate of drug-likeness (QED) is 0.0214. The van der Waals surface area contributed by atoms with Gasteiger partial charge < -0.3 is 18.9 Å². The Kier molecular flexibility index (Phi) is 44.5. The summed E-state index contributed by atoms with van der Waals surface area (Å²) in [5.41, 5.74) is 0. The van der Waals surface area contributed by atoms with Gasteiger partial charge in [0.15, 0.2) is 0 Å². The highest BCUT2D eigenvalue weighted by Crippen LogP contribution is 2.43. The molecule has 0 amide bonds. The Morgan fingerprint density at radius 1 is 0.508 bits per heavy atom. The van der Waals surface area contributed by atoms with Crippen LogP contribution in [-0.2, 0) is 27.9 Å². The van der Waals surface area contributed by atoms with Crippen molar-refractivity contribution in [1.82, 2.24) is 0 Å². The zero-order chi connectivity index (χ0) is 46.2. The molecular weight excluding hydrogens is 806 g/mol. The minimum absolute atomic E-state index is 0.0778. The standard InChI is InChI=1S/C54H96NO7P/c1-6-8-10-12-14-16-18-20-22-24-25-26-27-28-29-30-32-34-36-38-40-42-44-46-49-59-51-53(52-61-63(57,58)60-50-48-55(3,4)5)62-54(56)47-45-43-41-39-37-35-33-31-23-21-19-17-15-13-11-9-7-2/h9,11,15,17-18,20-21,23-25,27-28,33,35,53H,6-8,10,12-14,16,19,22,26,29-32,34,36-52H2,1-5H3/p+1/b11-9-,17-15-,20-18-,23-21-,25-24-,28-27-,35-33-. The van der Waals surface area contributed by atoms with Crippen LogP contribution in [-0.4, -0.2) is 75.6 Å². The number of hydrogen-bond donors (Lipinski definition) is 1. The van der Waals surface area contributed by atoms with Crippen molar-refractivity contribution < 1.29 is 37.3 Å². The van der Waals surface area contributed by atoms with Gasteiger partial charge in [0.2, 0.25) is 0 Å². The number of quaternary nitrogens is 1. The number of carbonyl (C=O) groups excluding carboxylic acids is 1. The summed E-state index contributed by atoms with van der Waals surface area (Å²) in [6, 6.07) is 0. The molecule has 8 nitrogen and oxygen atoms in total. The van der Waals surface area contributed by atoms with Crippen LogP contribution >= 0.6 is 7.82 Å². The number of ether oxygens (including phenoxy) is 2. The number of likely N-dealkylation sites (N-methyl/N-ethyl adjacent to an activating group) is 1. The normalized spacial score (nSPS) is 14.3. The summed E-state index contributed by atoms with van der Waals surface area (Å²) >= 11 is 0. The lowest BCUT2D eigenvalue weighted by atomic mass is 10.1. The fraction of sp³-hybridized carbons (Fsp3) is 0.722. The summed E-state index contributed by atoms with van der Waals surface area (Å²) in [5.74, 6) is -0.341. The zero-order valence-corrected chi connectivity index (χ0v) is 42.2. The van der Waals surface area contributed by atoms with Gasteiger partial charge in [-0.15, -0.1) is 0 Å². The Bertz CT molecular complexity index is 1280. The van der Waals surface area contributed by atoms with Crippen molar-refractivity contribution in [2.45, 2.75) is 200 Å². The highest BCUT2D eigenvalue weighted by atomic mass is 31.2. The number of phosphoric acid groups is 1. The SMILES string of the molecule is CC/C=C\C/C=C\C/C=C\C/C=C\CCCCCCC(=O)OC(COCCCCCCCCCCC/C=C\C/C=C\C/C=C\CCCCCCC)COP(=O)(O)OCC[N+](C)(C)C. The molecule has 0 aliphatic heterocycles. The Balaban J connectivity index is 4.20. The van der Waals surface area contributed by atoms with E-state index in [9.17, 15) is 14.3 Å². The molecule has 0 aliphatic carbocycles. The molecule has 63 heavy (non-hydrogen) atoms. The zero-order valence-electron chi connectivity index (χ0n) is 41.3. The minimum atomic E-state index is -4.29. The second-order valence-electron chi connectivity index (χ2n) is 17.8. The summed E-state index contributed by atoms with van der Waals surface area (Å²) in [4.78, 5) is 23.0. The first-order valence-corrected chi connectivity index (χ1v) is 26.8. The molecule has 0 aromatic heterocycles. The Morgan fingerprint density at radius 2 is 0.921 bits per heavy atom. The minimum Gasteiger partial charge on any atom is -0.457 e. The number of rotatable bonds is 46. The molecule has 2 atom stereocenters. The average molecular weight is 903 g/mol. The van der Waals surface area contributed by atoms with Crippen LogP contribution in [0.1, 0.15) is 194 Å². The molecule has 0 saturated heterocycles. The van der Waals surface area contributed by atoms with Crippen molar-refractivity contribution in [3.05, 3.63) is 85.1 Å². The van der Waals surface area contributed by atoms with E-state index in [1.807, 2.05) is 21.1 Å². The smallest absolute Gasteiger partial charge is 0.457 e. The first kappa shape index (κ1) is 60.7. The van der Waals surface area contributed by atoms with Gasteiger partial charge in [-0.05, 0) is 89.9 Å². The lowest BCUT2D eigenvalue weighted by Gasteiger charge is -2.24. The predicted molar refractivity (Wildman–Crippen MR) is 270 cm³/mol. The third-order valence-electron chi connectivity index (χ3n) is 10.4. The molecule has 0 saturated carbocycles. The number of esters is 1. The van der Waals surface area contributed by atoms with Crippen molar-refractivity contribution in [3.8, 4) is 0 Å². The predicted octanol–water partition coefficient (Wildman–Crippen LogP) is 15.6. The molecule has 0 aromatic rings. The fourth-order valence-electron chi connectivity index (χ4n) is 6.55. The number of hydrogen-bond acceptors (Lipinski definition) is 6. The van der Waals surface area contributed by atoms with E-state index >= 15 is 0 Å². The molecule has 1 N–H and O–H groups in total.